The number of carbonyl (C=O) groups excluding carboxylic acids is 1. The summed E-state index contributed by atoms with van der Waals surface area (Å²) in [5.74, 6) is -3.20. The van der Waals surface area contributed by atoms with Gasteiger partial charge in [-0.1, -0.05) is 58.3 Å². The number of carbonyl (C=O) groups is 3. The first kappa shape index (κ1) is 34.0. The summed E-state index contributed by atoms with van der Waals surface area (Å²) in [6.45, 7) is 3.67. The molecule has 0 aliphatic heterocycles. The Bertz CT molecular complexity index is 449. The quantitative estimate of drug-likeness (QED) is 0.0804. The van der Waals surface area contributed by atoms with Crippen molar-refractivity contribution in [3.63, 3.8) is 0 Å². The number of aliphatic hydroxyl groups excluding tert-OH is 1. The third-order valence-electron chi connectivity index (χ3n) is 4.46. The number of aliphatic carboxylic acids is 2. The van der Waals surface area contributed by atoms with Gasteiger partial charge in [-0.05, 0) is 13.3 Å². The van der Waals surface area contributed by atoms with Gasteiger partial charge < -0.3 is 23.1 Å². The van der Waals surface area contributed by atoms with Crippen molar-refractivity contribution in [2.45, 2.75) is 90.3 Å². The summed E-state index contributed by atoms with van der Waals surface area (Å²) >= 11 is 0. The monoisotopic (exact) mass is 436 g/mol. The van der Waals surface area contributed by atoms with E-state index < -0.39 is 24.2 Å². The second-order valence-corrected chi connectivity index (χ2v) is 6.86. The molecule has 0 aromatic rings. The van der Waals surface area contributed by atoms with Crippen LogP contribution in [0.3, 0.4) is 0 Å². The van der Waals surface area contributed by atoms with Crippen LogP contribution in [0.2, 0.25) is 0 Å². The number of hydrogen-bond donors (Lipinski definition) is 4. The van der Waals surface area contributed by atoms with Crippen LogP contribution < -0.4 is 64.4 Å². The van der Waals surface area contributed by atoms with Crippen LogP contribution in [-0.2, 0) is 14.4 Å². The van der Waals surface area contributed by atoms with Gasteiger partial charge in [0.2, 0.25) is 11.9 Å². The fraction of sp³-hybridized carbons (Fsp3) is 0.842. The summed E-state index contributed by atoms with van der Waals surface area (Å²) in [5, 5.41) is 29.7. The zero-order valence-electron chi connectivity index (χ0n) is 20.7. The van der Waals surface area contributed by atoms with Crippen LogP contribution in [0.1, 0.15) is 80.9 Å². The third kappa shape index (κ3) is 17.7. The predicted octanol–water partition coefficient (Wildman–Crippen LogP) is -3.57. The SMILES string of the molecule is CCCCCCCCCCCC(=O)N(CCNC(C(=O)O)C(=O)O)C(C)O.[H-].[H-].[Na+].[Na+]. The molecule has 0 heterocycles. The van der Waals surface area contributed by atoms with Crippen molar-refractivity contribution in [1.29, 1.82) is 0 Å². The van der Waals surface area contributed by atoms with E-state index in [0.717, 1.165) is 19.3 Å². The smallest absolute Gasteiger partial charge is 1.00 e. The first-order valence-corrected chi connectivity index (χ1v) is 9.97. The number of unbranched alkanes of at least 4 members (excludes halogenated alkanes) is 8. The van der Waals surface area contributed by atoms with E-state index in [9.17, 15) is 19.5 Å². The van der Waals surface area contributed by atoms with Gasteiger partial charge in [-0.3, -0.25) is 10.1 Å². The van der Waals surface area contributed by atoms with Crippen molar-refractivity contribution < 1.29 is 91.7 Å². The summed E-state index contributed by atoms with van der Waals surface area (Å²) in [6.07, 6.45) is 9.61. The average Bonchev–Trinajstić information content (AvgIpc) is 2.59. The van der Waals surface area contributed by atoms with Gasteiger partial charge in [0.15, 0.2) is 0 Å². The molecule has 8 nitrogen and oxygen atoms in total. The molecule has 0 aromatic heterocycles. The Morgan fingerprint density at radius 3 is 1.76 bits per heavy atom. The molecule has 1 amide bonds. The van der Waals surface area contributed by atoms with E-state index in [1.54, 1.807) is 0 Å². The third-order valence-corrected chi connectivity index (χ3v) is 4.46. The molecule has 0 saturated carbocycles. The van der Waals surface area contributed by atoms with Crippen molar-refractivity contribution in [3.8, 4) is 0 Å². The zero-order valence-corrected chi connectivity index (χ0v) is 22.7. The van der Waals surface area contributed by atoms with Crippen LogP contribution in [0.25, 0.3) is 0 Å². The van der Waals surface area contributed by atoms with Gasteiger partial charge in [0.25, 0.3) is 0 Å². The molecule has 0 fully saturated rings. The molecule has 0 saturated heterocycles. The second kappa shape index (κ2) is 21.6. The van der Waals surface area contributed by atoms with Crippen molar-refractivity contribution in [1.82, 2.24) is 10.2 Å². The normalized spacial score (nSPS) is 11.3. The van der Waals surface area contributed by atoms with Gasteiger partial charge in [0.05, 0.1) is 0 Å². The van der Waals surface area contributed by atoms with E-state index in [1.807, 2.05) is 0 Å². The summed E-state index contributed by atoms with van der Waals surface area (Å²) < 4.78 is 0. The van der Waals surface area contributed by atoms with Gasteiger partial charge in [0, 0.05) is 19.5 Å². The van der Waals surface area contributed by atoms with Crippen LogP contribution in [0.15, 0.2) is 0 Å². The van der Waals surface area contributed by atoms with Crippen molar-refractivity contribution in [2.24, 2.45) is 0 Å². The molecular formula is C19H38N2Na2O6. The van der Waals surface area contributed by atoms with Crippen LogP contribution >= 0.6 is 0 Å². The van der Waals surface area contributed by atoms with E-state index >= 15 is 0 Å². The van der Waals surface area contributed by atoms with E-state index in [-0.39, 0.29) is 81.0 Å². The first-order chi connectivity index (χ1) is 12.8. The van der Waals surface area contributed by atoms with E-state index in [0.29, 0.717) is 6.42 Å². The van der Waals surface area contributed by atoms with Gasteiger partial charge in [-0.2, -0.15) is 0 Å². The Morgan fingerprint density at radius 2 is 1.34 bits per heavy atom. The Labute approximate surface area is 221 Å². The number of nitrogens with one attached hydrogen (secondary N) is 1. The minimum Gasteiger partial charge on any atom is -1.00 e. The van der Waals surface area contributed by atoms with Crippen LogP contribution in [-0.4, -0.2) is 63.4 Å². The fourth-order valence-electron chi connectivity index (χ4n) is 2.86. The topological polar surface area (TPSA) is 127 Å². The molecule has 1 unspecified atom stereocenters. The van der Waals surface area contributed by atoms with Gasteiger partial charge in [-0.15, -0.1) is 0 Å². The molecule has 1 atom stereocenters. The standard InChI is InChI=1S/C19H36N2O6.2Na.2H/c1-3-4-5-6-7-8-9-10-11-12-16(23)21(15(2)22)14-13-20-17(18(24)25)19(26)27;;;;/h15,17,20,22H,3-14H2,1-2H3,(H,24,25)(H,26,27);;;;/q;2*+1;2*-1. The molecule has 0 radical (unpaired) electrons. The molecule has 0 aromatic carbocycles. The van der Waals surface area contributed by atoms with Crippen LogP contribution in [0.5, 0.6) is 0 Å². The maximum atomic E-state index is 12.2. The molecule has 29 heavy (non-hydrogen) atoms. The molecule has 0 bridgehead atoms. The van der Waals surface area contributed by atoms with Crippen molar-refractivity contribution in [2.75, 3.05) is 13.1 Å². The van der Waals surface area contributed by atoms with Crippen molar-refractivity contribution >= 4 is 17.8 Å². The molecule has 162 valence electrons. The number of carboxylic acids is 2. The zero-order chi connectivity index (χ0) is 20.7. The largest absolute Gasteiger partial charge is 1.00 e. The molecule has 0 aliphatic rings. The molecule has 0 spiro atoms. The number of nitrogens with zero attached hydrogens (tertiary/aromatic N) is 1. The number of hydrogen-bond acceptors (Lipinski definition) is 5. The van der Waals surface area contributed by atoms with E-state index in [1.165, 1.54) is 50.3 Å². The van der Waals surface area contributed by atoms with E-state index in [2.05, 4.69) is 12.2 Å². The molecule has 0 aliphatic carbocycles. The van der Waals surface area contributed by atoms with Crippen LogP contribution in [0.4, 0.5) is 0 Å². The average molecular weight is 437 g/mol. The first-order valence-electron chi connectivity index (χ1n) is 9.97. The molecular weight excluding hydrogens is 398 g/mol. The summed E-state index contributed by atoms with van der Waals surface area (Å²) in [7, 11) is 0. The number of carboxylic acid groups (broad SMARTS) is 2. The number of amides is 1. The summed E-state index contributed by atoms with van der Waals surface area (Å²) in [4.78, 5) is 35.1. The Hall–Kier alpha value is 0.330. The minimum absolute atomic E-state index is 0. The molecule has 10 heteroatoms. The minimum atomic E-state index is -1.73. The summed E-state index contributed by atoms with van der Waals surface area (Å²) in [5.41, 5.74) is 0. The fourth-order valence-corrected chi connectivity index (χ4v) is 2.86. The van der Waals surface area contributed by atoms with Gasteiger partial charge >= 0.3 is 71.1 Å². The summed E-state index contributed by atoms with van der Waals surface area (Å²) in [6, 6.07) is -1.73. The molecule has 0 rings (SSSR count). The van der Waals surface area contributed by atoms with Gasteiger partial charge in [-0.25, -0.2) is 9.59 Å². The maximum Gasteiger partial charge on any atom is 1.00 e. The Balaban J connectivity index is -0.000000563. The Kier molecular flexibility index (Phi) is 25.2. The number of rotatable bonds is 17. The number of aliphatic hydroxyl groups is 1. The second-order valence-electron chi connectivity index (χ2n) is 6.86. The predicted molar refractivity (Wildman–Crippen MR) is 105 cm³/mol. The Morgan fingerprint density at radius 1 is 0.897 bits per heavy atom. The van der Waals surface area contributed by atoms with E-state index in [4.69, 9.17) is 10.2 Å². The van der Waals surface area contributed by atoms with Crippen LogP contribution in [0, 0.1) is 0 Å². The maximum absolute atomic E-state index is 12.2. The molecule has 4 N–H and O–H groups in total. The van der Waals surface area contributed by atoms with Gasteiger partial charge in [0.1, 0.15) is 6.23 Å². The van der Waals surface area contributed by atoms with Crippen molar-refractivity contribution in [3.05, 3.63) is 0 Å².